The second kappa shape index (κ2) is 3.38. The monoisotopic (exact) mass is 226 g/mol. The van der Waals surface area contributed by atoms with E-state index in [2.05, 4.69) is 0 Å². The average Bonchev–Trinajstić information content (AvgIpc) is 2.44. The molecular formula is C11H8F2OS. The zero-order valence-corrected chi connectivity index (χ0v) is 9.04. The van der Waals surface area contributed by atoms with Crippen LogP contribution in [-0.4, -0.2) is 5.78 Å². The first-order chi connectivity index (χ1) is 7.00. The molecule has 0 saturated carbocycles. The molecular weight excluding hydrogens is 218 g/mol. The van der Waals surface area contributed by atoms with Crippen molar-refractivity contribution in [2.45, 2.75) is 13.8 Å². The van der Waals surface area contributed by atoms with E-state index < -0.39 is 11.6 Å². The molecule has 0 unspecified atom stereocenters. The van der Waals surface area contributed by atoms with Crippen LogP contribution in [0.4, 0.5) is 8.78 Å². The molecule has 4 heteroatoms. The molecule has 0 bridgehead atoms. The van der Waals surface area contributed by atoms with E-state index in [0.29, 0.717) is 20.5 Å². The van der Waals surface area contributed by atoms with Crippen LogP contribution < -0.4 is 0 Å². The normalized spacial score (nSPS) is 10.9. The van der Waals surface area contributed by atoms with Gasteiger partial charge in [-0.2, -0.15) is 0 Å². The topological polar surface area (TPSA) is 17.1 Å². The molecule has 78 valence electrons. The molecule has 0 N–H and O–H groups in total. The van der Waals surface area contributed by atoms with Gasteiger partial charge < -0.3 is 0 Å². The minimum atomic E-state index is -0.615. The summed E-state index contributed by atoms with van der Waals surface area (Å²) in [7, 11) is 0. The van der Waals surface area contributed by atoms with Gasteiger partial charge in [0, 0.05) is 11.5 Å². The van der Waals surface area contributed by atoms with E-state index in [-0.39, 0.29) is 5.78 Å². The van der Waals surface area contributed by atoms with Crippen LogP contribution in [0.3, 0.4) is 0 Å². The van der Waals surface area contributed by atoms with Gasteiger partial charge in [0.25, 0.3) is 0 Å². The highest BCUT2D eigenvalue weighted by Gasteiger charge is 2.15. The predicted octanol–water partition coefficient (Wildman–Crippen LogP) is 3.69. The fourth-order valence-corrected chi connectivity index (χ4v) is 2.67. The maximum atomic E-state index is 13.4. The fourth-order valence-electron chi connectivity index (χ4n) is 1.58. The highest BCUT2D eigenvalue weighted by Crippen LogP contribution is 2.33. The lowest BCUT2D eigenvalue weighted by Gasteiger charge is -1.94. The van der Waals surface area contributed by atoms with Crippen LogP contribution in [0.25, 0.3) is 10.1 Å². The van der Waals surface area contributed by atoms with Gasteiger partial charge in [0.15, 0.2) is 5.78 Å². The number of carbonyl (C=O) groups excluding carboxylic acids is 1. The number of benzene rings is 1. The van der Waals surface area contributed by atoms with Crippen molar-refractivity contribution < 1.29 is 13.6 Å². The third-order valence-electron chi connectivity index (χ3n) is 2.28. The van der Waals surface area contributed by atoms with Gasteiger partial charge in [-0.15, -0.1) is 11.3 Å². The summed E-state index contributed by atoms with van der Waals surface area (Å²) in [5, 5.41) is 0.489. The number of rotatable bonds is 1. The maximum Gasteiger partial charge on any atom is 0.170 e. The smallest absolute Gasteiger partial charge is 0.170 e. The van der Waals surface area contributed by atoms with Crippen LogP contribution in [0.5, 0.6) is 0 Å². The van der Waals surface area contributed by atoms with Crippen molar-refractivity contribution in [2.24, 2.45) is 0 Å². The Balaban J connectivity index is 2.88. The molecule has 0 aliphatic carbocycles. The van der Waals surface area contributed by atoms with Crippen molar-refractivity contribution in [3.05, 3.63) is 34.2 Å². The second-order valence-corrected chi connectivity index (χ2v) is 4.40. The number of fused-ring (bicyclic) bond motifs is 1. The number of aryl methyl sites for hydroxylation is 1. The van der Waals surface area contributed by atoms with E-state index in [1.165, 1.54) is 13.0 Å². The number of hydrogen-bond donors (Lipinski definition) is 0. The Morgan fingerprint density at radius 1 is 1.33 bits per heavy atom. The Kier molecular flexibility index (Phi) is 2.31. The maximum absolute atomic E-state index is 13.4. The molecule has 0 aliphatic heterocycles. The van der Waals surface area contributed by atoms with E-state index in [0.717, 1.165) is 17.4 Å². The number of ketones is 1. The molecule has 0 amide bonds. The molecule has 1 nitrogen and oxygen atoms in total. The first kappa shape index (κ1) is 10.2. The lowest BCUT2D eigenvalue weighted by molar-refractivity contribution is 0.102. The lowest BCUT2D eigenvalue weighted by Crippen LogP contribution is -1.88. The van der Waals surface area contributed by atoms with E-state index in [1.807, 2.05) is 0 Å². The van der Waals surface area contributed by atoms with Gasteiger partial charge in [-0.05, 0) is 25.5 Å². The summed E-state index contributed by atoms with van der Waals surface area (Å²) in [6.45, 7) is 3.13. The van der Waals surface area contributed by atoms with Crippen LogP contribution in [0.15, 0.2) is 12.1 Å². The number of halogens is 2. The van der Waals surface area contributed by atoms with Crippen molar-refractivity contribution in [1.29, 1.82) is 0 Å². The van der Waals surface area contributed by atoms with Crippen LogP contribution in [0, 0.1) is 18.6 Å². The van der Waals surface area contributed by atoms with Gasteiger partial charge in [0.2, 0.25) is 0 Å². The predicted molar refractivity (Wildman–Crippen MR) is 56.5 cm³/mol. The molecule has 0 saturated heterocycles. The van der Waals surface area contributed by atoms with Crippen LogP contribution >= 0.6 is 11.3 Å². The third kappa shape index (κ3) is 1.55. The first-order valence-corrected chi connectivity index (χ1v) is 5.21. The first-order valence-electron chi connectivity index (χ1n) is 4.40. The molecule has 0 spiro atoms. The molecule has 0 aliphatic rings. The van der Waals surface area contributed by atoms with Crippen molar-refractivity contribution in [3.8, 4) is 0 Å². The summed E-state index contributed by atoms with van der Waals surface area (Å²) in [6, 6.07) is 2.10. The standard InChI is InChI=1S/C11H8F2OS/c1-5-8-3-7(12)4-9(13)11(8)15-10(5)6(2)14/h3-4H,1-2H3. The van der Waals surface area contributed by atoms with E-state index in [9.17, 15) is 13.6 Å². The Morgan fingerprint density at radius 2 is 2.00 bits per heavy atom. The Morgan fingerprint density at radius 3 is 2.60 bits per heavy atom. The SMILES string of the molecule is CC(=O)c1sc2c(F)cc(F)cc2c1C. The number of thiophene rings is 1. The fraction of sp³-hybridized carbons (Fsp3) is 0.182. The van der Waals surface area contributed by atoms with Crippen molar-refractivity contribution in [2.75, 3.05) is 0 Å². The zero-order valence-electron chi connectivity index (χ0n) is 8.23. The molecule has 2 aromatic rings. The van der Waals surface area contributed by atoms with Gasteiger partial charge in [0.1, 0.15) is 11.6 Å². The molecule has 1 aromatic heterocycles. The van der Waals surface area contributed by atoms with Crippen molar-refractivity contribution in [1.82, 2.24) is 0 Å². The largest absolute Gasteiger partial charge is 0.294 e. The van der Waals surface area contributed by atoms with E-state index >= 15 is 0 Å². The molecule has 1 heterocycles. The minimum Gasteiger partial charge on any atom is -0.294 e. The summed E-state index contributed by atoms with van der Waals surface area (Å²) in [5.41, 5.74) is 0.654. The van der Waals surface area contributed by atoms with Gasteiger partial charge in [0.05, 0.1) is 9.58 Å². The molecule has 1 aromatic carbocycles. The molecule has 15 heavy (non-hydrogen) atoms. The van der Waals surface area contributed by atoms with Gasteiger partial charge in [-0.25, -0.2) is 8.78 Å². The summed E-state index contributed by atoms with van der Waals surface area (Å²) in [4.78, 5) is 11.7. The van der Waals surface area contributed by atoms with Crippen molar-refractivity contribution in [3.63, 3.8) is 0 Å². The van der Waals surface area contributed by atoms with E-state index in [1.54, 1.807) is 6.92 Å². The third-order valence-corrected chi connectivity index (χ3v) is 3.69. The highest BCUT2D eigenvalue weighted by molar-refractivity contribution is 7.21. The van der Waals surface area contributed by atoms with Crippen LogP contribution in [0.2, 0.25) is 0 Å². The lowest BCUT2D eigenvalue weighted by atomic mass is 10.1. The summed E-state index contributed by atoms with van der Waals surface area (Å²) < 4.78 is 26.7. The van der Waals surface area contributed by atoms with Gasteiger partial charge in [-0.3, -0.25) is 4.79 Å². The van der Waals surface area contributed by atoms with Gasteiger partial charge >= 0.3 is 0 Å². The Hall–Kier alpha value is -1.29. The molecule has 0 radical (unpaired) electrons. The molecule has 2 rings (SSSR count). The minimum absolute atomic E-state index is 0.117. The Bertz CT molecular complexity index is 557. The quantitative estimate of drug-likeness (QED) is 0.678. The molecule has 0 fully saturated rings. The van der Waals surface area contributed by atoms with Crippen LogP contribution in [-0.2, 0) is 0 Å². The summed E-state index contributed by atoms with van der Waals surface area (Å²) in [6.07, 6.45) is 0. The molecule has 0 atom stereocenters. The highest BCUT2D eigenvalue weighted by atomic mass is 32.1. The number of Topliss-reactive ketones (excluding diaryl/α,β-unsaturated/α-hetero) is 1. The van der Waals surface area contributed by atoms with Crippen LogP contribution in [0.1, 0.15) is 22.2 Å². The average molecular weight is 226 g/mol. The summed E-state index contributed by atoms with van der Waals surface area (Å²) in [5.74, 6) is -1.34. The van der Waals surface area contributed by atoms with Crippen molar-refractivity contribution >= 4 is 27.2 Å². The van der Waals surface area contributed by atoms with E-state index in [4.69, 9.17) is 0 Å². The second-order valence-electron chi connectivity index (χ2n) is 3.38. The van der Waals surface area contributed by atoms with Gasteiger partial charge in [-0.1, -0.05) is 0 Å². The zero-order chi connectivity index (χ0) is 11.2. The number of carbonyl (C=O) groups is 1. The Labute approximate surface area is 89.3 Å². The summed E-state index contributed by atoms with van der Waals surface area (Å²) >= 11 is 1.08. The number of hydrogen-bond acceptors (Lipinski definition) is 2.